The van der Waals surface area contributed by atoms with Crippen molar-refractivity contribution >= 4 is 21.6 Å². The molecule has 90 valence electrons. The van der Waals surface area contributed by atoms with Gasteiger partial charge in [0.1, 0.15) is 10.7 Å². The molecular weight excluding hydrogens is 253 g/mol. The van der Waals surface area contributed by atoms with E-state index in [1.807, 2.05) is 0 Å². The number of sulfonamides is 1. The number of benzene rings is 1. The number of hydrogen-bond donors (Lipinski definition) is 0. The molecule has 0 amide bonds. The van der Waals surface area contributed by atoms with Crippen LogP contribution in [0.1, 0.15) is 12.5 Å². The Morgan fingerprint density at radius 1 is 1.44 bits per heavy atom. The van der Waals surface area contributed by atoms with Crippen LogP contribution in [0.2, 0.25) is 0 Å². The van der Waals surface area contributed by atoms with Crippen molar-refractivity contribution in [1.29, 1.82) is 0 Å². The molecule has 0 aliphatic heterocycles. The molecule has 0 radical (unpaired) electrons. The number of hydrogen-bond acceptors (Lipinski definition) is 2. The van der Waals surface area contributed by atoms with E-state index in [0.717, 1.165) is 10.4 Å². The summed E-state index contributed by atoms with van der Waals surface area (Å²) in [5.41, 5.74) is 0.575. The summed E-state index contributed by atoms with van der Waals surface area (Å²) in [5.74, 6) is -0.604. The van der Waals surface area contributed by atoms with E-state index in [1.165, 1.54) is 19.2 Å². The van der Waals surface area contributed by atoms with Crippen LogP contribution in [-0.4, -0.2) is 26.3 Å². The van der Waals surface area contributed by atoms with Crippen LogP contribution in [0.15, 0.2) is 23.1 Å². The van der Waals surface area contributed by atoms with Crippen LogP contribution in [0.4, 0.5) is 4.39 Å². The van der Waals surface area contributed by atoms with Gasteiger partial charge >= 0.3 is 0 Å². The molecule has 16 heavy (non-hydrogen) atoms. The summed E-state index contributed by atoms with van der Waals surface area (Å²) in [7, 11) is -2.35. The molecule has 0 aliphatic carbocycles. The Balaban J connectivity index is 3.32. The van der Waals surface area contributed by atoms with Crippen LogP contribution < -0.4 is 0 Å². The zero-order valence-corrected chi connectivity index (χ0v) is 10.6. The summed E-state index contributed by atoms with van der Waals surface area (Å²) in [5, 5.41) is 0. The largest absolute Gasteiger partial charge is 0.245 e. The average molecular weight is 266 g/mol. The van der Waals surface area contributed by atoms with Crippen molar-refractivity contribution in [2.24, 2.45) is 0 Å². The van der Waals surface area contributed by atoms with Crippen LogP contribution in [0.5, 0.6) is 0 Å². The van der Waals surface area contributed by atoms with Gasteiger partial charge in [-0.3, -0.25) is 0 Å². The Morgan fingerprint density at radius 2 is 2.06 bits per heavy atom. The fourth-order valence-corrected chi connectivity index (χ4v) is 2.62. The standard InChI is InChI=1S/C10H13ClFNO2S/c1-3-13(2)16(14,15)10-6-8(7-11)4-5-9(10)12/h4-6H,3,7H2,1-2H3. The molecule has 0 unspecified atom stereocenters. The smallest absolute Gasteiger partial charge is 0.207 e. The molecule has 3 nitrogen and oxygen atoms in total. The van der Waals surface area contributed by atoms with Crippen LogP contribution in [0, 0.1) is 5.82 Å². The maximum Gasteiger partial charge on any atom is 0.245 e. The number of halogens is 2. The Kier molecular flexibility index (Phi) is 4.29. The molecule has 0 spiro atoms. The fourth-order valence-electron chi connectivity index (χ4n) is 1.17. The van der Waals surface area contributed by atoms with E-state index in [2.05, 4.69) is 0 Å². The molecule has 0 fully saturated rings. The van der Waals surface area contributed by atoms with Gasteiger partial charge in [0.25, 0.3) is 0 Å². The number of alkyl halides is 1. The first kappa shape index (κ1) is 13.4. The predicted molar refractivity (Wildman–Crippen MR) is 61.4 cm³/mol. The number of nitrogens with zero attached hydrogens (tertiary/aromatic N) is 1. The van der Waals surface area contributed by atoms with Crippen molar-refractivity contribution in [3.8, 4) is 0 Å². The molecule has 0 heterocycles. The first-order chi connectivity index (χ1) is 7.43. The maximum absolute atomic E-state index is 13.4. The monoisotopic (exact) mass is 265 g/mol. The summed E-state index contributed by atoms with van der Waals surface area (Å²) in [6.45, 7) is 1.97. The third-order valence-electron chi connectivity index (χ3n) is 2.28. The van der Waals surface area contributed by atoms with E-state index in [4.69, 9.17) is 11.6 Å². The van der Waals surface area contributed by atoms with Crippen LogP contribution >= 0.6 is 11.6 Å². The van der Waals surface area contributed by atoms with Crippen molar-refractivity contribution in [3.63, 3.8) is 0 Å². The van der Waals surface area contributed by atoms with Gasteiger partial charge in [0.15, 0.2) is 0 Å². The second kappa shape index (κ2) is 5.12. The van der Waals surface area contributed by atoms with Gasteiger partial charge in [-0.25, -0.2) is 17.1 Å². The van der Waals surface area contributed by atoms with Gasteiger partial charge < -0.3 is 0 Å². The minimum atomic E-state index is -3.75. The van der Waals surface area contributed by atoms with Crippen molar-refractivity contribution < 1.29 is 12.8 Å². The third-order valence-corrected chi connectivity index (χ3v) is 4.54. The highest BCUT2D eigenvalue weighted by Crippen LogP contribution is 2.20. The van der Waals surface area contributed by atoms with Crippen LogP contribution in [0.25, 0.3) is 0 Å². The van der Waals surface area contributed by atoms with Gasteiger partial charge in [-0.05, 0) is 17.7 Å². The van der Waals surface area contributed by atoms with Gasteiger partial charge in [0.2, 0.25) is 10.0 Å². The highest BCUT2D eigenvalue weighted by atomic mass is 35.5. The van der Waals surface area contributed by atoms with E-state index in [1.54, 1.807) is 6.92 Å². The minimum absolute atomic E-state index is 0.151. The molecule has 0 bridgehead atoms. The fraction of sp³-hybridized carbons (Fsp3) is 0.400. The second-order valence-electron chi connectivity index (χ2n) is 3.32. The van der Waals surface area contributed by atoms with Crippen LogP contribution in [0.3, 0.4) is 0 Å². The lowest BCUT2D eigenvalue weighted by Gasteiger charge is -2.15. The molecule has 0 atom stereocenters. The molecule has 1 aromatic carbocycles. The molecule has 1 aromatic rings. The van der Waals surface area contributed by atoms with Crippen molar-refractivity contribution in [2.45, 2.75) is 17.7 Å². The highest BCUT2D eigenvalue weighted by molar-refractivity contribution is 7.89. The van der Waals surface area contributed by atoms with Crippen molar-refractivity contribution in [3.05, 3.63) is 29.6 Å². The average Bonchev–Trinajstić information content (AvgIpc) is 2.28. The molecule has 0 aliphatic rings. The summed E-state index contributed by atoms with van der Waals surface area (Å²) >= 11 is 5.58. The van der Waals surface area contributed by atoms with Gasteiger partial charge in [0.05, 0.1) is 0 Å². The summed E-state index contributed by atoms with van der Waals surface area (Å²) < 4.78 is 38.3. The quantitative estimate of drug-likeness (QED) is 0.783. The Morgan fingerprint density at radius 3 is 2.56 bits per heavy atom. The van der Waals surface area contributed by atoms with Gasteiger partial charge in [-0.2, -0.15) is 0 Å². The van der Waals surface area contributed by atoms with Gasteiger partial charge in [0, 0.05) is 19.5 Å². The first-order valence-corrected chi connectivity index (χ1v) is 6.71. The summed E-state index contributed by atoms with van der Waals surface area (Å²) in [4.78, 5) is -0.324. The van der Waals surface area contributed by atoms with E-state index >= 15 is 0 Å². The first-order valence-electron chi connectivity index (χ1n) is 4.74. The second-order valence-corrected chi connectivity index (χ2v) is 5.60. The SMILES string of the molecule is CCN(C)S(=O)(=O)c1cc(CCl)ccc1F. The molecule has 1 rings (SSSR count). The topological polar surface area (TPSA) is 37.4 Å². The Hall–Kier alpha value is -0.650. The molecule has 6 heteroatoms. The zero-order valence-electron chi connectivity index (χ0n) is 9.07. The van der Waals surface area contributed by atoms with Crippen LogP contribution in [-0.2, 0) is 15.9 Å². The van der Waals surface area contributed by atoms with E-state index < -0.39 is 15.8 Å². The predicted octanol–water partition coefficient (Wildman–Crippen LogP) is 2.20. The lowest BCUT2D eigenvalue weighted by Crippen LogP contribution is -2.27. The number of rotatable bonds is 4. The van der Waals surface area contributed by atoms with Gasteiger partial charge in [-0.1, -0.05) is 13.0 Å². The third kappa shape index (κ3) is 2.53. The minimum Gasteiger partial charge on any atom is -0.207 e. The molecule has 0 aromatic heterocycles. The lowest BCUT2D eigenvalue weighted by molar-refractivity contribution is 0.477. The Bertz CT molecular complexity index is 476. The van der Waals surface area contributed by atoms with E-state index in [-0.39, 0.29) is 17.3 Å². The zero-order chi connectivity index (χ0) is 12.3. The Labute approximate surface area is 99.9 Å². The highest BCUT2D eigenvalue weighted by Gasteiger charge is 2.23. The summed E-state index contributed by atoms with van der Waals surface area (Å²) in [6.07, 6.45) is 0. The normalized spacial score (nSPS) is 12.1. The molecule has 0 saturated heterocycles. The van der Waals surface area contributed by atoms with E-state index in [0.29, 0.717) is 5.56 Å². The summed E-state index contributed by atoms with van der Waals surface area (Å²) in [6, 6.07) is 3.85. The van der Waals surface area contributed by atoms with Crippen molar-refractivity contribution in [1.82, 2.24) is 4.31 Å². The molecular formula is C10H13ClFNO2S. The lowest BCUT2D eigenvalue weighted by atomic mass is 10.2. The molecule has 0 N–H and O–H groups in total. The van der Waals surface area contributed by atoms with E-state index in [9.17, 15) is 12.8 Å². The van der Waals surface area contributed by atoms with Gasteiger partial charge in [-0.15, -0.1) is 11.6 Å². The molecule has 0 saturated carbocycles. The van der Waals surface area contributed by atoms with Crippen molar-refractivity contribution in [2.75, 3.05) is 13.6 Å². The maximum atomic E-state index is 13.4.